The second-order valence-electron chi connectivity index (χ2n) is 5.46. The third-order valence-electron chi connectivity index (χ3n) is 2.24. The van der Waals surface area contributed by atoms with Gasteiger partial charge in [0, 0.05) is 5.54 Å². The van der Waals surface area contributed by atoms with Gasteiger partial charge in [-0.15, -0.1) is 0 Å². The molecule has 0 aliphatic carbocycles. The molecule has 0 saturated heterocycles. The largest absolute Gasteiger partial charge is 0.369 e. The van der Waals surface area contributed by atoms with Crippen LogP contribution in [0, 0.1) is 18.3 Å². The van der Waals surface area contributed by atoms with Gasteiger partial charge in [0.25, 0.3) is 0 Å². The van der Waals surface area contributed by atoms with Crippen molar-refractivity contribution >= 4 is 17.7 Å². The monoisotopic (exact) mass is 273 g/mol. The van der Waals surface area contributed by atoms with Crippen LogP contribution in [0.1, 0.15) is 31.9 Å². The van der Waals surface area contributed by atoms with Crippen molar-refractivity contribution in [3.05, 3.63) is 29.3 Å². The van der Waals surface area contributed by atoms with Gasteiger partial charge >= 0.3 is 6.03 Å². The Morgan fingerprint density at radius 2 is 2.05 bits per heavy atom. The molecule has 20 heavy (non-hydrogen) atoms. The van der Waals surface area contributed by atoms with E-state index in [0.29, 0.717) is 11.3 Å². The number of benzene rings is 1. The number of hydrogen-bond acceptors (Lipinski definition) is 3. The summed E-state index contributed by atoms with van der Waals surface area (Å²) in [6.07, 6.45) is 0. The lowest BCUT2D eigenvalue weighted by Gasteiger charge is -2.20. The highest BCUT2D eigenvalue weighted by atomic mass is 16.2. The number of amides is 2. The lowest BCUT2D eigenvalue weighted by atomic mass is 10.1. The summed E-state index contributed by atoms with van der Waals surface area (Å²) in [7, 11) is 0. The van der Waals surface area contributed by atoms with Crippen molar-refractivity contribution in [2.45, 2.75) is 33.2 Å². The van der Waals surface area contributed by atoms with Crippen LogP contribution in [0.2, 0.25) is 0 Å². The highest BCUT2D eigenvalue weighted by Crippen LogP contribution is 2.19. The molecule has 106 valence electrons. The Labute approximate surface area is 118 Å². The van der Waals surface area contributed by atoms with E-state index in [1.165, 1.54) is 0 Å². The fourth-order valence-electron chi connectivity index (χ4n) is 1.48. The smallest absolute Gasteiger partial charge is 0.321 e. The van der Waals surface area contributed by atoms with Crippen LogP contribution in [-0.4, -0.2) is 17.5 Å². The molecule has 0 aromatic heterocycles. The van der Waals surface area contributed by atoms with Gasteiger partial charge in [0.15, 0.2) is 0 Å². The molecular weight excluding hydrogens is 254 g/mol. The van der Waals surface area contributed by atoms with Crippen molar-refractivity contribution < 1.29 is 4.79 Å². The Bertz CT molecular complexity index is 578. The fraction of sp³-hybridized carbons (Fsp3) is 0.357. The highest BCUT2D eigenvalue weighted by Gasteiger charge is 2.14. The molecule has 0 aliphatic heterocycles. The molecule has 0 saturated carbocycles. The summed E-state index contributed by atoms with van der Waals surface area (Å²) in [5.41, 5.74) is 7.07. The molecule has 0 bridgehead atoms. The molecule has 0 radical (unpaired) electrons. The number of hydrogen-bond donors (Lipinski definition) is 3. The summed E-state index contributed by atoms with van der Waals surface area (Å²) in [5.74, 6) is -0.0629. The van der Waals surface area contributed by atoms with E-state index < -0.39 is 6.03 Å². The number of carbonyl (C=O) groups is 1. The second-order valence-corrected chi connectivity index (χ2v) is 5.46. The maximum Gasteiger partial charge on any atom is 0.321 e. The Morgan fingerprint density at radius 1 is 1.40 bits per heavy atom. The third-order valence-corrected chi connectivity index (χ3v) is 2.24. The average Bonchev–Trinajstić information content (AvgIpc) is 2.28. The molecule has 0 aliphatic rings. The quantitative estimate of drug-likeness (QED) is 0.537. The first kappa shape index (κ1) is 15.5. The molecule has 6 heteroatoms. The van der Waals surface area contributed by atoms with Crippen LogP contribution < -0.4 is 16.4 Å². The number of rotatable bonds is 1. The third kappa shape index (κ3) is 4.98. The minimum Gasteiger partial charge on any atom is -0.369 e. The number of nitrogens with zero attached hydrogens (tertiary/aromatic N) is 2. The molecule has 0 unspecified atom stereocenters. The van der Waals surface area contributed by atoms with Crippen molar-refractivity contribution in [2.75, 3.05) is 0 Å². The molecular formula is C14H19N5O. The first-order valence-electron chi connectivity index (χ1n) is 6.15. The Morgan fingerprint density at radius 3 is 2.60 bits per heavy atom. The molecule has 1 aromatic carbocycles. The van der Waals surface area contributed by atoms with Crippen LogP contribution in [0.15, 0.2) is 23.2 Å². The van der Waals surface area contributed by atoms with E-state index in [-0.39, 0.29) is 11.5 Å². The molecule has 1 aromatic rings. The van der Waals surface area contributed by atoms with Gasteiger partial charge in [0.2, 0.25) is 5.96 Å². The molecule has 4 N–H and O–H groups in total. The van der Waals surface area contributed by atoms with Crippen molar-refractivity contribution in [1.29, 1.82) is 5.26 Å². The minimum atomic E-state index is -0.440. The number of nitriles is 1. The van der Waals surface area contributed by atoms with Gasteiger partial charge in [0.05, 0.1) is 11.3 Å². The van der Waals surface area contributed by atoms with Crippen LogP contribution in [0.4, 0.5) is 10.5 Å². The van der Waals surface area contributed by atoms with Crippen molar-refractivity contribution in [1.82, 2.24) is 10.6 Å². The number of carbonyl (C=O) groups excluding carboxylic acids is 1. The van der Waals surface area contributed by atoms with E-state index in [1.54, 1.807) is 12.1 Å². The number of guanidine groups is 1. The standard InChI is InChI=1S/C14H19N5O/c1-9-5-6-11(10(7-9)8-15)17-12(16)18-13(20)19-14(2,3)4/h5-7H,1-4H3,(H4,16,17,18,19,20). The van der Waals surface area contributed by atoms with Gasteiger partial charge in [-0.1, -0.05) is 6.07 Å². The first-order chi connectivity index (χ1) is 9.21. The van der Waals surface area contributed by atoms with Gasteiger partial charge in [-0.3, -0.25) is 5.32 Å². The van der Waals surface area contributed by atoms with Crippen LogP contribution in [0.5, 0.6) is 0 Å². The van der Waals surface area contributed by atoms with E-state index in [9.17, 15) is 4.79 Å². The minimum absolute atomic E-state index is 0.0629. The summed E-state index contributed by atoms with van der Waals surface area (Å²) < 4.78 is 0. The van der Waals surface area contributed by atoms with Crippen LogP contribution >= 0.6 is 0 Å². The van der Waals surface area contributed by atoms with Gasteiger partial charge in [0.1, 0.15) is 6.07 Å². The zero-order chi connectivity index (χ0) is 15.3. The maximum atomic E-state index is 11.6. The van der Waals surface area contributed by atoms with Gasteiger partial charge in [-0.05, 0) is 45.4 Å². The van der Waals surface area contributed by atoms with Crippen molar-refractivity contribution in [2.24, 2.45) is 10.7 Å². The van der Waals surface area contributed by atoms with Crippen LogP contribution in [-0.2, 0) is 0 Å². The number of urea groups is 1. The Balaban J connectivity index is 2.85. The molecule has 6 nitrogen and oxygen atoms in total. The molecule has 1 rings (SSSR count). The lowest BCUT2D eigenvalue weighted by Crippen LogP contribution is -2.50. The summed E-state index contributed by atoms with van der Waals surface area (Å²) in [6, 6.07) is 6.82. The molecule has 0 fully saturated rings. The van der Waals surface area contributed by atoms with Crippen LogP contribution in [0.25, 0.3) is 0 Å². The normalized spacial score (nSPS) is 11.7. The summed E-state index contributed by atoms with van der Waals surface area (Å²) >= 11 is 0. The fourth-order valence-corrected chi connectivity index (χ4v) is 1.48. The van der Waals surface area contributed by atoms with E-state index >= 15 is 0 Å². The van der Waals surface area contributed by atoms with Crippen molar-refractivity contribution in [3.8, 4) is 6.07 Å². The van der Waals surface area contributed by atoms with Gasteiger partial charge in [-0.2, -0.15) is 5.26 Å². The predicted octanol–water partition coefficient (Wildman–Crippen LogP) is 1.91. The summed E-state index contributed by atoms with van der Waals surface area (Å²) in [5, 5.41) is 14.1. The number of nitrogens with one attached hydrogen (secondary N) is 2. The molecule has 0 atom stereocenters. The van der Waals surface area contributed by atoms with Gasteiger partial charge < -0.3 is 11.1 Å². The van der Waals surface area contributed by atoms with E-state index in [0.717, 1.165) is 5.56 Å². The Kier molecular flexibility index (Phi) is 4.70. The average molecular weight is 273 g/mol. The molecule has 2 amide bonds. The zero-order valence-corrected chi connectivity index (χ0v) is 12.1. The van der Waals surface area contributed by atoms with Gasteiger partial charge in [-0.25, -0.2) is 9.79 Å². The zero-order valence-electron chi connectivity index (χ0n) is 12.1. The van der Waals surface area contributed by atoms with Crippen molar-refractivity contribution in [3.63, 3.8) is 0 Å². The lowest BCUT2D eigenvalue weighted by molar-refractivity contribution is 0.236. The second kappa shape index (κ2) is 6.06. The topological polar surface area (TPSA) is 103 Å². The van der Waals surface area contributed by atoms with Crippen LogP contribution in [0.3, 0.4) is 0 Å². The predicted molar refractivity (Wildman–Crippen MR) is 78.6 cm³/mol. The van der Waals surface area contributed by atoms with E-state index in [1.807, 2.05) is 39.8 Å². The highest BCUT2D eigenvalue weighted by molar-refractivity contribution is 5.96. The molecule has 0 spiro atoms. The summed E-state index contributed by atoms with van der Waals surface area (Å²) in [6.45, 7) is 7.45. The number of nitrogens with two attached hydrogens (primary N) is 1. The Hall–Kier alpha value is -2.55. The van der Waals surface area contributed by atoms with E-state index in [4.69, 9.17) is 11.0 Å². The first-order valence-corrected chi connectivity index (χ1v) is 6.15. The summed E-state index contributed by atoms with van der Waals surface area (Å²) in [4.78, 5) is 15.7. The number of aryl methyl sites for hydroxylation is 1. The van der Waals surface area contributed by atoms with E-state index in [2.05, 4.69) is 15.6 Å². The maximum absolute atomic E-state index is 11.6. The SMILES string of the molecule is Cc1ccc(N=C(N)NC(=O)NC(C)(C)C)c(C#N)c1. The molecule has 0 heterocycles. The number of aliphatic imine (C=N–C) groups is 1.